The van der Waals surface area contributed by atoms with E-state index in [-0.39, 0.29) is 30.9 Å². The first-order valence-corrected chi connectivity index (χ1v) is 8.19. The van der Waals surface area contributed by atoms with Gasteiger partial charge in [0.25, 0.3) is 0 Å². The highest BCUT2D eigenvalue weighted by molar-refractivity contribution is 5.80. The lowest BCUT2D eigenvalue weighted by Gasteiger charge is -2.47. The van der Waals surface area contributed by atoms with E-state index >= 15 is 0 Å². The second kappa shape index (κ2) is 7.63. The smallest absolute Gasteiger partial charge is 0.475 e. The lowest BCUT2D eigenvalue weighted by molar-refractivity contribution is -0.192. The number of alkyl halides is 5. The summed E-state index contributed by atoms with van der Waals surface area (Å²) in [5, 5.41) is 7.12. The molecule has 2 heterocycles. The number of piperidine rings is 1. The Morgan fingerprint density at radius 1 is 1.19 bits per heavy atom. The number of nitrogens with zero attached hydrogens (tertiary/aromatic N) is 2. The number of fused-ring (bicyclic) bond motifs is 1. The van der Waals surface area contributed by atoms with Crippen LogP contribution in [-0.2, 0) is 14.3 Å². The van der Waals surface area contributed by atoms with E-state index in [1.807, 2.05) is 7.05 Å². The second-order valence-electron chi connectivity index (χ2n) is 6.79. The van der Waals surface area contributed by atoms with Gasteiger partial charge < -0.3 is 14.7 Å². The molecule has 0 spiro atoms. The Hall–Kier alpha value is -1.49. The molecule has 1 saturated carbocycles. The molecule has 0 aromatic rings. The van der Waals surface area contributed by atoms with Gasteiger partial charge in [0.15, 0.2) is 0 Å². The molecule has 1 aliphatic carbocycles. The van der Waals surface area contributed by atoms with Crippen LogP contribution in [0.4, 0.5) is 22.0 Å². The van der Waals surface area contributed by atoms with Gasteiger partial charge in [0, 0.05) is 38.4 Å². The van der Waals surface area contributed by atoms with Crippen LogP contribution < -0.4 is 0 Å². The summed E-state index contributed by atoms with van der Waals surface area (Å²) < 4.78 is 63.1. The van der Waals surface area contributed by atoms with Gasteiger partial charge >= 0.3 is 12.1 Å². The van der Waals surface area contributed by atoms with E-state index in [4.69, 9.17) is 14.6 Å². The van der Waals surface area contributed by atoms with Gasteiger partial charge in [0.05, 0.1) is 18.8 Å². The number of carboxylic acids is 1. The molecule has 150 valence electrons. The van der Waals surface area contributed by atoms with E-state index in [1.165, 1.54) is 0 Å². The Balaban J connectivity index is 0.000000298. The molecule has 2 saturated heterocycles. The summed E-state index contributed by atoms with van der Waals surface area (Å²) in [6.45, 7) is 2.85. The van der Waals surface area contributed by atoms with E-state index in [1.54, 1.807) is 4.90 Å². The minimum Gasteiger partial charge on any atom is -0.475 e. The zero-order chi connectivity index (χ0) is 19.7. The number of amides is 1. The quantitative estimate of drug-likeness (QED) is 0.691. The van der Waals surface area contributed by atoms with Crippen molar-refractivity contribution in [3.05, 3.63) is 0 Å². The van der Waals surface area contributed by atoms with Crippen LogP contribution in [-0.4, -0.2) is 84.3 Å². The predicted molar refractivity (Wildman–Crippen MR) is 78.7 cm³/mol. The molecule has 2 aliphatic heterocycles. The van der Waals surface area contributed by atoms with Gasteiger partial charge in [-0.3, -0.25) is 9.69 Å². The van der Waals surface area contributed by atoms with Gasteiger partial charge in [-0.15, -0.1) is 0 Å². The van der Waals surface area contributed by atoms with E-state index in [9.17, 15) is 26.7 Å². The first-order valence-electron chi connectivity index (χ1n) is 8.19. The van der Waals surface area contributed by atoms with Gasteiger partial charge in [-0.05, 0) is 13.5 Å². The Morgan fingerprint density at radius 2 is 1.77 bits per heavy atom. The Labute approximate surface area is 146 Å². The molecule has 1 amide bonds. The number of carbonyl (C=O) groups excluding carboxylic acids is 1. The largest absolute Gasteiger partial charge is 0.490 e. The maximum absolute atomic E-state index is 12.8. The van der Waals surface area contributed by atoms with Crippen LogP contribution in [0.25, 0.3) is 0 Å². The van der Waals surface area contributed by atoms with Crippen molar-refractivity contribution in [2.45, 2.75) is 43.5 Å². The number of halogens is 5. The number of carboxylic acid groups (broad SMARTS) is 1. The molecule has 0 bridgehead atoms. The lowest BCUT2D eigenvalue weighted by Crippen LogP contribution is -2.61. The molecule has 26 heavy (non-hydrogen) atoms. The summed E-state index contributed by atoms with van der Waals surface area (Å²) in [4.78, 5) is 25.0. The van der Waals surface area contributed by atoms with Gasteiger partial charge in [0.1, 0.15) is 0 Å². The topological polar surface area (TPSA) is 70.1 Å². The zero-order valence-corrected chi connectivity index (χ0v) is 14.1. The van der Waals surface area contributed by atoms with Crippen molar-refractivity contribution in [3.63, 3.8) is 0 Å². The summed E-state index contributed by atoms with van der Waals surface area (Å²) >= 11 is 0. The van der Waals surface area contributed by atoms with Crippen molar-refractivity contribution >= 4 is 11.9 Å². The number of aliphatic carboxylic acids is 1. The second-order valence-corrected chi connectivity index (χ2v) is 6.79. The van der Waals surface area contributed by atoms with Crippen LogP contribution >= 0.6 is 0 Å². The molecule has 3 aliphatic rings. The standard InChI is InChI=1S/C13H20F2N2O2.C2HF3O2/c1-16-4-5-19-11-2-3-17(8-10(11)16)12(18)9-6-13(14,15)7-9;3-2(4,5)1(6)7/h9-11H,2-8H2,1H3;(H,6,7)/t10-,11-;/m0./s1. The molecule has 0 unspecified atom stereocenters. The number of likely N-dealkylation sites (tertiary alicyclic amines) is 1. The molecular weight excluding hydrogens is 367 g/mol. The molecular formula is C15H21F5N2O4. The van der Waals surface area contributed by atoms with Crippen LogP contribution in [0, 0.1) is 5.92 Å². The highest BCUT2D eigenvalue weighted by Gasteiger charge is 2.50. The first-order chi connectivity index (χ1) is 11.9. The van der Waals surface area contributed by atoms with Crippen molar-refractivity contribution in [2.75, 3.05) is 33.3 Å². The van der Waals surface area contributed by atoms with E-state index in [0.717, 1.165) is 19.6 Å². The summed E-state index contributed by atoms with van der Waals surface area (Å²) in [6, 6.07) is 0.215. The number of ether oxygens (including phenoxy) is 1. The fraction of sp³-hybridized carbons (Fsp3) is 0.867. The summed E-state index contributed by atoms with van der Waals surface area (Å²) in [5.74, 6) is -5.94. The molecule has 6 nitrogen and oxygen atoms in total. The number of likely N-dealkylation sites (N-methyl/N-ethyl adjacent to an activating group) is 1. The van der Waals surface area contributed by atoms with Crippen molar-refractivity contribution < 1.29 is 41.4 Å². The number of morpholine rings is 1. The predicted octanol–water partition coefficient (Wildman–Crippen LogP) is 1.60. The van der Waals surface area contributed by atoms with Crippen LogP contribution in [0.2, 0.25) is 0 Å². The van der Waals surface area contributed by atoms with Gasteiger partial charge in [-0.1, -0.05) is 0 Å². The van der Waals surface area contributed by atoms with Crippen LogP contribution in [0.15, 0.2) is 0 Å². The molecule has 0 radical (unpaired) electrons. The number of rotatable bonds is 1. The van der Waals surface area contributed by atoms with E-state index in [2.05, 4.69) is 4.90 Å². The monoisotopic (exact) mass is 388 g/mol. The number of carbonyl (C=O) groups is 2. The van der Waals surface area contributed by atoms with Crippen molar-refractivity contribution in [3.8, 4) is 0 Å². The van der Waals surface area contributed by atoms with Crippen LogP contribution in [0.5, 0.6) is 0 Å². The Morgan fingerprint density at radius 3 is 2.27 bits per heavy atom. The third-order valence-corrected chi connectivity index (χ3v) is 4.86. The normalized spacial score (nSPS) is 29.1. The maximum atomic E-state index is 12.8. The van der Waals surface area contributed by atoms with Gasteiger partial charge in [-0.2, -0.15) is 13.2 Å². The van der Waals surface area contributed by atoms with Crippen LogP contribution in [0.3, 0.4) is 0 Å². The average molecular weight is 388 g/mol. The Kier molecular flexibility index (Phi) is 6.11. The number of hydrogen-bond acceptors (Lipinski definition) is 4. The summed E-state index contributed by atoms with van der Waals surface area (Å²) in [5.41, 5.74) is 0. The molecule has 0 aromatic carbocycles. The van der Waals surface area contributed by atoms with Gasteiger partial charge in [0.2, 0.25) is 11.8 Å². The highest BCUT2D eigenvalue weighted by atomic mass is 19.4. The van der Waals surface area contributed by atoms with Crippen LogP contribution in [0.1, 0.15) is 19.3 Å². The lowest BCUT2D eigenvalue weighted by atomic mass is 9.80. The number of hydrogen-bond donors (Lipinski definition) is 1. The molecule has 0 aromatic heterocycles. The molecule has 2 atom stereocenters. The minimum atomic E-state index is -5.08. The molecule has 3 fully saturated rings. The third kappa shape index (κ3) is 5.03. The van der Waals surface area contributed by atoms with Crippen molar-refractivity contribution in [2.24, 2.45) is 5.92 Å². The third-order valence-electron chi connectivity index (χ3n) is 4.86. The van der Waals surface area contributed by atoms with E-state index in [0.29, 0.717) is 13.1 Å². The molecule has 11 heteroatoms. The van der Waals surface area contributed by atoms with Gasteiger partial charge in [-0.25, -0.2) is 13.6 Å². The van der Waals surface area contributed by atoms with E-state index < -0.39 is 24.0 Å². The summed E-state index contributed by atoms with van der Waals surface area (Å²) in [7, 11) is 2.03. The van der Waals surface area contributed by atoms with Crippen molar-refractivity contribution in [1.82, 2.24) is 9.80 Å². The molecule has 3 rings (SSSR count). The van der Waals surface area contributed by atoms with Crippen molar-refractivity contribution in [1.29, 1.82) is 0 Å². The maximum Gasteiger partial charge on any atom is 0.490 e. The average Bonchev–Trinajstić information content (AvgIpc) is 2.51. The fourth-order valence-corrected chi connectivity index (χ4v) is 3.34. The minimum absolute atomic E-state index is 0.0941. The summed E-state index contributed by atoms with van der Waals surface area (Å²) in [6.07, 6.45) is -4.64. The SMILES string of the molecule is CN1CCO[C@H]2CCN(C(=O)C3CC(F)(F)C3)C[C@@H]21.O=C(O)C(F)(F)F. The Bertz CT molecular complexity index is 535. The highest BCUT2D eigenvalue weighted by Crippen LogP contribution is 2.43. The first kappa shape index (κ1) is 20.8. The fourth-order valence-electron chi connectivity index (χ4n) is 3.34. The molecule has 1 N–H and O–H groups in total. The zero-order valence-electron chi connectivity index (χ0n) is 14.1.